The van der Waals surface area contributed by atoms with Crippen LogP contribution in [0, 0.1) is 17.5 Å². The van der Waals surface area contributed by atoms with E-state index in [1.807, 2.05) is 0 Å². The second kappa shape index (κ2) is 8.25. The Morgan fingerprint density at radius 3 is 2.52 bits per heavy atom. The molecule has 8 heteroatoms. The van der Waals surface area contributed by atoms with Gasteiger partial charge < -0.3 is 15.4 Å². The first-order valence-electron chi connectivity index (χ1n) is 6.14. The van der Waals surface area contributed by atoms with E-state index in [9.17, 15) is 22.8 Å². The molecule has 0 unspecified atom stereocenters. The quantitative estimate of drug-likeness (QED) is 0.583. The molecule has 0 bridgehead atoms. The van der Waals surface area contributed by atoms with E-state index in [4.69, 9.17) is 4.74 Å². The average Bonchev–Trinajstić information content (AvgIpc) is 2.47. The largest absolute Gasteiger partial charge is 0.385 e. The van der Waals surface area contributed by atoms with Crippen molar-refractivity contribution >= 4 is 11.8 Å². The summed E-state index contributed by atoms with van der Waals surface area (Å²) in [7, 11) is 1.53. The average molecular weight is 304 g/mol. The zero-order valence-electron chi connectivity index (χ0n) is 11.3. The Hall–Kier alpha value is -2.09. The van der Waals surface area contributed by atoms with Crippen molar-refractivity contribution in [2.45, 2.75) is 6.42 Å². The third-order valence-corrected chi connectivity index (χ3v) is 2.54. The number of amides is 2. The number of carbonyl (C=O) groups excluding carboxylic acids is 2. The molecule has 2 N–H and O–H groups in total. The molecule has 1 rings (SSSR count). The molecule has 5 nitrogen and oxygen atoms in total. The highest BCUT2D eigenvalue weighted by Gasteiger charge is 2.18. The van der Waals surface area contributed by atoms with Crippen molar-refractivity contribution in [2.24, 2.45) is 0 Å². The zero-order valence-corrected chi connectivity index (χ0v) is 11.3. The van der Waals surface area contributed by atoms with Crippen molar-refractivity contribution in [1.29, 1.82) is 0 Å². The summed E-state index contributed by atoms with van der Waals surface area (Å²) in [4.78, 5) is 22.9. The van der Waals surface area contributed by atoms with E-state index in [0.29, 0.717) is 25.6 Å². The fourth-order valence-corrected chi connectivity index (χ4v) is 1.46. The molecule has 0 spiro atoms. The molecule has 0 atom stereocenters. The second-order valence-electron chi connectivity index (χ2n) is 4.10. The number of rotatable bonds is 7. The fraction of sp³-hybridized carbons (Fsp3) is 0.385. The molecule has 0 saturated heterocycles. The Kier molecular flexibility index (Phi) is 6.67. The number of ether oxygens (including phenoxy) is 1. The van der Waals surface area contributed by atoms with Crippen molar-refractivity contribution in [3.63, 3.8) is 0 Å². The van der Waals surface area contributed by atoms with Crippen LogP contribution in [0.5, 0.6) is 0 Å². The van der Waals surface area contributed by atoms with E-state index >= 15 is 0 Å². The van der Waals surface area contributed by atoms with Crippen LogP contribution in [-0.2, 0) is 9.53 Å². The molecule has 0 fully saturated rings. The van der Waals surface area contributed by atoms with Crippen LogP contribution in [0.3, 0.4) is 0 Å². The van der Waals surface area contributed by atoms with Crippen LogP contribution in [-0.4, -0.2) is 38.6 Å². The molecule has 1 aromatic carbocycles. The summed E-state index contributed by atoms with van der Waals surface area (Å²) < 4.78 is 43.8. The first-order valence-corrected chi connectivity index (χ1v) is 6.14. The minimum Gasteiger partial charge on any atom is -0.385 e. The number of nitrogens with one attached hydrogen (secondary N) is 2. The smallest absolute Gasteiger partial charge is 0.254 e. The number of benzene rings is 1. The summed E-state index contributed by atoms with van der Waals surface area (Å²) in [6, 6.07) is 1.44. The van der Waals surface area contributed by atoms with E-state index < -0.39 is 41.4 Å². The normalized spacial score (nSPS) is 10.3. The van der Waals surface area contributed by atoms with Gasteiger partial charge in [0.25, 0.3) is 5.91 Å². The first-order chi connectivity index (χ1) is 9.97. The predicted octanol–water partition coefficient (Wildman–Crippen LogP) is 0.986. The van der Waals surface area contributed by atoms with Crippen molar-refractivity contribution in [1.82, 2.24) is 10.6 Å². The Morgan fingerprint density at radius 2 is 1.86 bits per heavy atom. The van der Waals surface area contributed by atoms with Gasteiger partial charge in [-0.1, -0.05) is 0 Å². The van der Waals surface area contributed by atoms with Gasteiger partial charge in [0.15, 0.2) is 17.5 Å². The monoisotopic (exact) mass is 304 g/mol. The lowest BCUT2D eigenvalue weighted by molar-refractivity contribution is -0.120. The number of hydrogen-bond acceptors (Lipinski definition) is 3. The predicted molar refractivity (Wildman–Crippen MR) is 68.2 cm³/mol. The van der Waals surface area contributed by atoms with Gasteiger partial charge in [0.2, 0.25) is 5.91 Å². The summed E-state index contributed by atoms with van der Waals surface area (Å²) in [6.45, 7) is 0.443. The topological polar surface area (TPSA) is 67.4 Å². The number of halogens is 3. The van der Waals surface area contributed by atoms with E-state index in [-0.39, 0.29) is 0 Å². The molecule has 21 heavy (non-hydrogen) atoms. The van der Waals surface area contributed by atoms with Gasteiger partial charge in [0.1, 0.15) is 0 Å². The van der Waals surface area contributed by atoms with Gasteiger partial charge in [0, 0.05) is 20.3 Å². The van der Waals surface area contributed by atoms with Crippen LogP contribution < -0.4 is 10.6 Å². The van der Waals surface area contributed by atoms with Crippen molar-refractivity contribution in [3.05, 3.63) is 35.1 Å². The summed E-state index contributed by atoms with van der Waals surface area (Å²) in [6.07, 6.45) is 0.605. The third-order valence-electron chi connectivity index (χ3n) is 2.54. The van der Waals surface area contributed by atoms with Gasteiger partial charge in [-0.3, -0.25) is 9.59 Å². The van der Waals surface area contributed by atoms with Gasteiger partial charge in [-0.25, -0.2) is 13.2 Å². The Bertz CT molecular complexity index is 524. The van der Waals surface area contributed by atoms with Crippen LogP contribution in [0.4, 0.5) is 13.2 Å². The highest BCUT2D eigenvalue weighted by molar-refractivity contribution is 5.96. The van der Waals surface area contributed by atoms with Crippen molar-refractivity contribution in [3.8, 4) is 0 Å². The van der Waals surface area contributed by atoms with Crippen molar-refractivity contribution in [2.75, 3.05) is 26.8 Å². The van der Waals surface area contributed by atoms with E-state index in [0.717, 1.165) is 6.07 Å². The molecule has 0 aliphatic carbocycles. The maximum absolute atomic E-state index is 13.3. The molecule has 0 aliphatic heterocycles. The number of methoxy groups -OCH3 is 1. The molecule has 0 saturated carbocycles. The number of hydrogen-bond donors (Lipinski definition) is 2. The third kappa shape index (κ3) is 5.07. The molecular formula is C13H15F3N2O3. The maximum atomic E-state index is 13.3. The summed E-state index contributed by atoms with van der Waals surface area (Å²) in [5, 5.41) is 4.61. The summed E-state index contributed by atoms with van der Waals surface area (Å²) >= 11 is 0. The summed E-state index contributed by atoms with van der Waals surface area (Å²) in [5.41, 5.74) is -0.666. The molecule has 1 aromatic rings. The Labute approximate surface area is 119 Å². The minimum atomic E-state index is -1.73. The molecule has 2 amide bonds. The molecular weight excluding hydrogens is 289 g/mol. The molecule has 0 heterocycles. The van der Waals surface area contributed by atoms with Gasteiger partial charge in [-0.05, 0) is 18.6 Å². The fourth-order valence-electron chi connectivity index (χ4n) is 1.46. The molecule has 116 valence electrons. The van der Waals surface area contributed by atoms with Crippen molar-refractivity contribution < 1.29 is 27.5 Å². The minimum absolute atomic E-state index is 0.363. The Balaban J connectivity index is 2.47. The highest BCUT2D eigenvalue weighted by atomic mass is 19.2. The lowest BCUT2D eigenvalue weighted by Crippen LogP contribution is -2.37. The highest BCUT2D eigenvalue weighted by Crippen LogP contribution is 2.14. The van der Waals surface area contributed by atoms with E-state index in [2.05, 4.69) is 10.6 Å². The lowest BCUT2D eigenvalue weighted by atomic mass is 10.2. The maximum Gasteiger partial charge on any atom is 0.254 e. The van der Waals surface area contributed by atoms with E-state index in [1.54, 1.807) is 0 Å². The first kappa shape index (κ1) is 17.0. The van der Waals surface area contributed by atoms with Gasteiger partial charge >= 0.3 is 0 Å². The lowest BCUT2D eigenvalue weighted by Gasteiger charge is -2.08. The SMILES string of the molecule is COCCCNC(=O)CNC(=O)c1ccc(F)c(F)c1F. The van der Waals surface area contributed by atoms with E-state index in [1.165, 1.54) is 7.11 Å². The van der Waals surface area contributed by atoms with Gasteiger partial charge in [0.05, 0.1) is 12.1 Å². The molecule has 0 radical (unpaired) electrons. The van der Waals surface area contributed by atoms with Gasteiger partial charge in [-0.15, -0.1) is 0 Å². The molecule has 0 aromatic heterocycles. The number of carbonyl (C=O) groups is 2. The van der Waals surface area contributed by atoms with Crippen LogP contribution in [0.2, 0.25) is 0 Å². The van der Waals surface area contributed by atoms with Gasteiger partial charge in [-0.2, -0.15) is 0 Å². The van der Waals surface area contributed by atoms with Crippen LogP contribution in [0.1, 0.15) is 16.8 Å². The van der Waals surface area contributed by atoms with Crippen LogP contribution in [0.15, 0.2) is 12.1 Å². The zero-order chi connectivity index (χ0) is 15.8. The van der Waals surface area contributed by atoms with Crippen LogP contribution >= 0.6 is 0 Å². The van der Waals surface area contributed by atoms with Crippen LogP contribution in [0.25, 0.3) is 0 Å². The Morgan fingerprint density at radius 1 is 1.14 bits per heavy atom. The summed E-state index contributed by atoms with van der Waals surface area (Å²) in [5.74, 6) is -6.19. The second-order valence-corrected chi connectivity index (χ2v) is 4.10. The molecule has 0 aliphatic rings. The standard InChI is InChI=1S/C13H15F3N2O3/c1-21-6-2-5-17-10(19)7-18-13(20)8-3-4-9(14)12(16)11(8)15/h3-4H,2,5-7H2,1H3,(H,17,19)(H,18,20).